The molecule has 0 aromatic heterocycles. The zero-order valence-electron chi connectivity index (χ0n) is 9.30. The first-order valence-corrected chi connectivity index (χ1v) is 5.84. The van der Waals surface area contributed by atoms with Crippen LogP contribution in [0.3, 0.4) is 0 Å². The molecule has 0 saturated carbocycles. The quantitative estimate of drug-likeness (QED) is 0.829. The number of aliphatic hydroxyl groups is 1. The second-order valence-corrected chi connectivity index (χ2v) is 4.36. The van der Waals surface area contributed by atoms with Crippen molar-refractivity contribution in [1.29, 1.82) is 0 Å². The van der Waals surface area contributed by atoms with Gasteiger partial charge in [-0.05, 0) is 18.2 Å². The Morgan fingerprint density at radius 1 is 1.59 bits per heavy atom. The van der Waals surface area contributed by atoms with Gasteiger partial charge in [0.25, 0.3) is 0 Å². The molecule has 0 amide bonds. The number of aldehydes is 1. The molecule has 1 fully saturated rings. The summed E-state index contributed by atoms with van der Waals surface area (Å²) in [4.78, 5) is 13.0. The fourth-order valence-electron chi connectivity index (χ4n) is 1.99. The van der Waals surface area contributed by atoms with Crippen molar-refractivity contribution in [3.05, 3.63) is 28.8 Å². The van der Waals surface area contributed by atoms with E-state index in [0.29, 0.717) is 30.3 Å². The van der Waals surface area contributed by atoms with Gasteiger partial charge in [-0.15, -0.1) is 0 Å². The number of morpholine rings is 1. The van der Waals surface area contributed by atoms with E-state index in [4.69, 9.17) is 16.3 Å². The van der Waals surface area contributed by atoms with E-state index in [9.17, 15) is 9.90 Å². The topological polar surface area (TPSA) is 49.8 Å². The van der Waals surface area contributed by atoms with E-state index in [1.807, 2.05) is 4.90 Å². The summed E-state index contributed by atoms with van der Waals surface area (Å²) in [6, 6.07) is 5.00. The minimum absolute atomic E-state index is 0.00912. The highest BCUT2D eigenvalue weighted by atomic mass is 35.5. The molecule has 5 heteroatoms. The zero-order chi connectivity index (χ0) is 12.3. The number of hydrogen-bond donors (Lipinski definition) is 1. The van der Waals surface area contributed by atoms with E-state index in [0.717, 1.165) is 12.0 Å². The number of rotatable bonds is 3. The standard InChI is InChI=1S/C12H14ClNO3/c13-10-2-1-9(6-15)12(5-10)14-3-4-17-8-11(14)7-16/h1-2,5-6,11,16H,3-4,7-8H2. The van der Waals surface area contributed by atoms with Crippen LogP contribution >= 0.6 is 11.6 Å². The lowest BCUT2D eigenvalue weighted by Gasteiger charge is -2.37. The maximum absolute atomic E-state index is 11.0. The third kappa shape index (κ3) is 2.60. The van der Waals surface area contributed by atoms with Gasteiger partial charge in [0, 0.05) is 22.8 Å². The summed E-state index contributed by atoms with van der Waals surface area (Å²) in [7, 11) is 0. The lowest BCUT2D eigenvalue weighted by Crippen LogP contribution is -2.48. The SMILES string of the molecule is O=Cc1ccc(Cl)cc1N1CCOCC1CO. The molecule has 0 spiro atoms. The van der Waals surface area contributed by atoms with Crippen LogP contribution in [-0.2, 0) is 4.74 Å². The summed E-state index contributed by atoms with van der Waals surface area (Å²) >= 11 is 5.95. The number of carbonyl (C=O) groups excluding carboxylic acids is 1. The van der Waals surface area contributed by atoms with E-state index in [1.165, 1.54) is 0 Å². The van der Waals surface area contributed by atoms with Crippen molar-refractivity contribution in [2.45, 2.75) is 6.04 Å². The molecule has 0 radical (unpaired) electrons. The number of nitrogens with zero attached hydrogens (tertiary/aromatic N) is 1. The van der Waals surface area contributed by atoms with E-state index >= 15 is 0 Å². The summed E-state index contributed by atoms with van der Waals surface area (Å²) in [6.07, 6.45) is 0.801. The molecule has 1 heterocycles. The van der Waals surface area contributed by atoms with E-state index < -0.39 is 0 Å². The Morgan fingerprint density at radius 3 is 3.12 bits per heavy atom. The lowest BCUT2D eigenvalue weighted by molar-refractivity contribution is 0.0725. The van der Waals surface area contributed by atoms with E-state index in [-0.39, 0.29) is 12.6 Å². The van der Waals surface area contributed by atoms with Crippen molar-refractivity contribution in [2.24, 2.45) is 0 Å². The molecule has 1 N–H and O–H groups in total. The van der Waals surface area contributed by atoms with Gasteiger partial charge in [0.1, 0.15) is 0 Å². The number of benzene rings is 1. The van der Waals surface area contributed by atoms with Gasteiger partial charge in [-0.1, -0.05) is 11.6 Å². The highest BCUT2D eigenvalue weighted by Gasteiger charge is 2.24. The molecule has 1 saturated heterocycles. The van der Waals surface area contributed by atoms with Crippen LogP contribution in [0.15, 0.2) is 18.2 Å². The zero-order valence-corrected chi connectivity index (χ0v) is 10.1. The maximum Gasteiger partial charge on any atom is 0.152 e. The molecule has 92 valence electrons. The van der Waals surface area contributed by atoms with Crippen molar-refractivity contribution in [3.8, 4) is 0 Å². The minimum atomic E-state index is -0.124. The van der Waals surface area contributed by atoms with E-state index in [2.05, 4.69) is 0 Å². The predicted octanol–water partition coefficient (Wildman–Crippen LogP) is 1.35. The monoisotopic (exact) mass is 255 g/mol. The van der Waals surface area contributed by atoms with Crippen molar-refractivity contribution in [1.82, 2.24) is 0 Å². The Hall–Kier alpha value is -1.10. The second kappa shape index (κ2) is 5.49. The molecule has 1 atom stereocenters. The van der Waals surface area contributed by atoms with Crippen LogP contribution in [0.4, 0.5) is 5.69 Å². The van der Waals surface area contributed by atoms with Gasteiger partial charge in [-0.25, -0.2) is 0 Å². The number of halogens is 1. The molecule has 1 aromatic rings. The van der Waals surface area contributed by atoms with Crippen molar-refractivity contribution >= 4 is 23.6 Å². The van der Waals surface area contributed by atoms with Gasteiger partial charge < -0.3 is 14.7 Å². The molecule has 4 nitrogen and oxygen atoms in total. The number of aliphatic hydroxyl groups excluding tert-OH is 1. The molecule has 0 bridgehead atoms. The largest absolute Gasteiger partial charge is 0.394 e. The molecule has 1 unspecified atom stereocenters. The first kappa shape index (κ1) is 12.4. The Bertz CT molecular complexity index is 411. The second-order valence-electron chi connectivity index (χ2n) is 3.93. The molecule has 0 aliphatic carbocycles. The van der Waals surface area contributed by atoms with Gasteiger partial charge in [0.2, 0.25) is 0 Å². The number of anilines is 1. The molecule has 1 aliphatic heterocycles. The van der Waals surface area contributed by atoms with Crippen LogP contribution < -0.4 is 4.90 Å². The van der Waals surface area contributed by atoms with Crippen LogP contribution in [0.5, 0.6) is 0 Å². The predicted molar refractivity (Wildman–Crippen MR) is 65.9 cm³/mol. The normalized spacial score (nSPS) is 20.4. The van der Waals surface area contributed by atoms with Crippen LogP contribution in [-0.4, -0.2) is 43.8 Å². The summed E-state index contributed by atoms with van der Waals surface area (Å²) in [5, 5.41) is 9.89. The van der Waals surface area contributed by atoms with Crippen molar-refractivity contribution < 1.29 is 14.6 Å². The lowest BCUT2D eigenvalue weighted by atomic mass is 10.1. The Balaban J connectivity index is 2.36. The molecule has 1 aromatic carbocycles. The van der Waals surface area contributed by atoms with Gasteiger partial charge >= 0.3 is 0 Å². The number of hydrogen-bond acceptors (Lipinski definition) is 4. The van der Waals surface area contributed by atoms with Gasteiger partial charge in [-0.3, -0.25) is 4.79 Å². The molecule has 1 aliphatic rings. The average Bonchev–Trinajstić information content (AvgIpc) is 2.38. The van der Waals surface area contributed by atoms with Crippen LogP contribution in [0.1, 0.15) is 10.4 Å². The van der Waals surface area contributed by atoms with E-state index in [1.54, 1.807) is 18.2 Å². The first-order chi connectivity index (χ1) is 8.26. The van der Waals surface area contributed by atoms with Crippen LogP contribution in [0.2, 0.25) is 5.02 Å². The number of ether oxygens (including phenoxy) is 1. The average molecular weight is 256 g/mol. The molecule has 17 heavy (non-hydrogen) atoms. The number of carbonyl (C=O) groups is 1. The van der Waals surface area contributed by atoms with Crippen molar-refractivity contribution in [2.75, 3.05) is 31.3 Å². The maximum atomic E-state index is 11.0. The van der Waals surface area contributed by atoms with Gasteiger partial charge in [0.05, 0.1) is 25.9 Å². The highest BCUT2D eigenvalue weighted by Crippen LogP contribution is 2.26. The summed E-state index contributed by atoms with van der Waals surface area (Å²) in [5.74, 6) is 0. The van der Waals surface area contributed by atoms with Crippen LogP contribution in [0.25, 0.3) is 0 Å². The van der Waals surface area contributed by atoms with Gasteiger partial charge in [0.15, 0.2) is 6.29 Å². The Kier molecular flexibility index (Phi) is 3.99. The smallest absolute Gasteiger partial charge is 0.152 e. The van der Waals surface area contributed by atoms with Crippen molar-refractivity contribution in [3.63, 3.8) is 0 Å². The Morgan fingerprint density at radius 2 is 2.41 bits per heavy atom. The third-order valence-corrected chi connectivity index (χ3v) is 3.10. The molecular weight excluding hydrogens is 242 g/mol. The van der Waals surface area contributed by atoms with Gasteiger partial charge in [-0.2, -0.15) is 0 Å². The summed E-state index contributed by atoms with van der Waals surface area (Å²) in [6.45, 7) is 1.68. The highest BCUT2D eigenvalue weighted by molar-refractivity contribution is 6.31. The first-order valence-electron chi connectivity index (χ1n) is 5.46. The minimum Gasteiger partial charge on any atom is -0.394 e. The molecular formula is C12H14ClNO3. The fourth-order valence-corrected chi connectivity index (χ4v) is 2.15. The fraction of sp³-hybridized carbons (Fsp3) is 0.417. The third-order valence-electron chi connectivity index (χ3n) is 2.87. The summed E-state index contributed by atoms with van der Waals surface area (Å²) < 4.78 is 5.31. The molecule has 2 rings (SSSR count). The Labute approximate surface area is 105 Å². The van der Waals surface area contributed by atoms with Crippen LogP contribution in [0, 0.1) is 0 Å². The summed E-state index contributed by atoms with van der Waals surface area (Å²) in [5.41, 5.74) is 1.34.